The molecule has 0 aliphatic rings. The van der Waals surface area contributed by atoms with E-state index in [0.29, 0.717) is 11.4 Å². The second-order valence-corrected chi connectivity index (χ2v) is 5.45. The number of nitrogens with one attached hydrogen (secondary N) is 1. The van der Waals surface area contributed by atoms with Gasteiger partial charge in [0.05, 0.1) is 16.0 Å². The average Bonchev–Trinajstić information content (AvgIpc) is 2.89. The van der Waals surface area contributed by atoms with E-state index < -0.39 is 4.92 Å². The molecule has 0 saturated heterocycles. The van der Waals surface area contributed by atoms with Gasteiger partial charge in [0.2, 0.25) is 0 Å². The number of nitro groups is 1. The first kappa shape index (κ1) is 13.4. The summed E-state index contributed by atoms with van der Waals surface area (Å²) in [6.45, 7) is 0. The van der Waals surface area contributed by atoms with Gasteiger partial charge in [-0.05, 0) is 23.8 Å². The predicted octanol–water partition coefficient (Wildman–Crippen LogP) is 3.35. The van der Waals surface area contributed by atoms with Crippen molar-refractivity contribution in [1.82, 2.24) is 9.97 Å². The number of aromatic nitrogens is 2. The Labute approximate surface area is 124 Å². The molecule has 3 N–H and O–H groups in total. The predicted molar refractivity (Wildman–Crippen MR) is 83.2 cm³/mol. The Hall–Kier alpha value is -2.54. The summed E-state index contributed by atoms with van der Waals surface area (Å²) in [6, 6.07) is 12.2. The maximum Gasteiger partial charge on any atom is 0.269 e. The number of rotatable bonds is 4. The van der Waals surface area contributed by atoms with Crippen molar-refractivity contribution in [1.29, 1.82) is 0 Å². The van der Waals surface area contributed by atoms with Crippen LogP contribution in [0.1, 0.15) is 5.56 Å². The lowest BCUT2D eigenvalue weighted by atomic mass is 10.2. The molecule has 0 spiro atoms. The van der Waals surface area contributed by atoms with Gasteiger partial charge >= 0.3 is 0 Å². The second kappa shape index (κ2) is 5.45. The fraction of sp³-hybridized carbons (Fsp3) is 0.0714. The number of nitrogens with zero attached hydrogens (tertiary/aromatic N) is 2. The quantitative estimate of drug-likeness (QED) is 0.333. The van der Waals surface area contributed by atoms with Crippen molar-refractivity contribution in [2.45, 2.75) is 10.9 Å². The number of para-hydroxylation sites is 2. The number of imidazole rings is 1. The van der Waals surface area contributed by atoms with Crippen molar-refractivity contribution < 1.29 is 4.92 Å². The first-order valence-corrected chi connectivity index (χ1v) is 7.22. The molecular formula is C14H12N4O2S. The molecule has 0 amide bonds. The number of nitro benzene ring substituents is 1. The van der Waals surface area contributed by atoms with Gasteiger partial charge in [0.15, 0.2) is 5.16 Å². The van der Waals surface area contributed by atoms with Gasteiger partial charge in [0.1, 0.15) is 0 Å². The van der Waals surface area contributed by atoms with Crippen LogP contribution < -0.4 is 5.73 Å². The Balaban J connectivity index is 1.80. The summed E-state index contributed by atoms with van der Waals surface area (Å²) < 4.78 is 0. The first-order valence-electron chi connectivity index (χ1n) is 6.24. The van der Waals surface area contributed by atoms with Gasteiger partial charge in [-0.1, -0.05) is 23.9 Å². The number of hydrogen-bond acceptors (Lipinski definition) is 5. The number of nitrogen functional groups attached to an aromatic ring is 1. The Kier molecular flexibility index (Phi) is 3.49. The molecule has 2 aromatic carbocycles. The molecule has 0 unspecified atom stereocenters. The van der Waals surface area contributed by atoms with E-state index in [-0.39, 0.29) is 5.69 Å². The molecule has 1 aromatic heterocycles. The molecule has 3 rings (SSSR count). The number of nitrogens with two attached hydrogens (primary N) is 1. The standard InChI is InChI=1S/C14H12N4O2S/c15-11-6-5-10(18(19)20)7-9(11)8-21-14-16-12-3-1-2-4-13(12)17-14/h1-7H,8,15H2,(H,16,17). The highest BCUT2D eigenvalue weighted by Gasteiger charge is 2.10. The molecule has 6 nitrogen and oxygen atoms in total. The lowest BCUT2D eigenvalue weighted by Gasteiger charge is -2.03. The van der Waals surface area contributed by atoms with E-state index >= 15 is 0 Å². The molecule has 0 bridgehead atoms. The third kappa shape index (κ3) is 2.82. The van der Waals surface area contributed by atoms with Crippen molar-refractivity contribution >= 4 is 34.2 Å². The SMILES string of the molecule is Nc1ccc([N+](=O)[O-])cc1CSc1nc2ccccc2[nH]1. The van der Waals surface area contributed by atoms with Gasteiger partial charge in [-0.2, -0.15) is 0 Å². The van der Waals surface area contributed by atoms with Crippen LogP contribution in [-0.4, -0.2) is 14.9 Å². The highest BCUT2D eigenvalue weighted by Crippen LogP contribution is 2.27. The zero-order valence-corrected chi connectivity index (χ0v) is 11.8. The molecule has 0 fully saturated rings. The van der Waals surface area contributed by atoms with Crippen molar-refractivity contribution in [2.75, 3.05) is 5.73 Å². The lowest BCUT2D eigenvalue weighted by Crippen LogP contribution is -1.96. The number of H-pyrrole nitrogens is 1. The number of anilines is 1. The van der Waals surface area contributed by atoms with E-state index in [1.165, 1.54) is 23.9 Å². The molecule has 106 valence electrons. The highest BCUT2D eigenvalue weighted by atomic mass is 32.2. The molecule has 1 heterocycles. The van der Waals surface area contributed by atoms with Gasteiger partial charge in [-0.3, -0.25) is 10.1 Å². The summed E-state index contributed by atoms with van der Waals surface area (Å²) in [4.78, 5) is 18.0. The van der Waals surface area contributed by atoms with E-state index in [1.54, 1.807) is 6.07 Å². The maximum atomic E-state index is 10.8. The van der Waals surface area contributed by atoms with Crippen molar-refractivity contribution in [3.63, 3.8) is 0 Å². The molecule has 0 aliphatic carbocycles. The molecule has 0 aliphatic heterocycles. The number of non-ortho nitro benzene ring substituents is 1. The van der Waals surface area contributed by atoms with Crippen LogP contribution >= 0.6 is 11.8 Å². The molecule has 0 saturated carbocycles. The van der Waals surface area contributed by atoms with Gasteiger partial charge in [0, 0.05) is 23.6 Å². The fourth-order valence-corrected chi connectivity index (χ4v) is 2.86. The summed E-state index contributed by atoms with van der Waals surface area (Å²) in [5.74, 6) is 0.521. The summed E-state index contributed by atoms with van der Waals surface area (Å²) in [6.07, 6.45) is 0. The van der Waals surface area contributed by atoms with Crippen LogP contribution in [0.15, 0.2) is 47.6 Å². The smallest absolute Gasteiger partial charge is 0.269 e. The number of fused-ring (bicyclic) bond motifs is 1. The third-order valence-electron chi connectivity index (χ3n) is 3.07. The minimum absolute atomic E-state index is 0.0457. The van der Waals surface area contributed by atoms with E-state index in [4.69, 9.17) is 5.73 Å². The van der Waals surface area contributed by atoms with Crippen LogP contribution in [-0.2, 0) is 5.75 Å². The largest absolute Gasteiger partial charge is 0.398 e. The average molecular weight is 300 g/mol. The molecular weight excluding hydrogens is 288 g/mol. The van der Waals surface area contributed by atoms with Crippen molar-refractivity contribution in [3.05, 3.63) is 58.1 Å². The van der Waals surface area contributed by atoms with Gasteiger partial charge in [-0.15, -0.1) is 0 Å². The van der Waals surface area contributed by atoms with Gasteiger partial charge in [0.25, 0.3) is 5.69 Å². The Morgan fingerprint density at radius 1 is 1.29 bits per heavy atom. The minimum Gasteiger partial charge on any atom is -0.398 e. The van der Waals surface area contributed by atoms with E-state index in [2.05, 4.69) is 9.97 Å². The van der Waals surface area contributed by atoms with Crippen LogP contribution in [0.4, 0.5) is 11.4 Å². The third-order valence-corrected chi connectivity index (χ3v) is 3.99. The minimum atomic E-state index is -0.422. The molecule has 0 atom stereocenters. The fourth-order valence-electron chi connectivity index (χ4n) is 1.97. The zero-order chi connectivity index (χ0) is 14.8. The number of aromatic amines is 1. The summed E-state index contributed by atoms with van der Waals surface area (Å²) >= 11 is 1.46. The topological polar surface area (TPSA) is 97.8 Å². The molecule has 0 radical (unpaired) electrons. The van der Waals surface area contributed by atoms with Crippen LogP contribution in [0, 0.1) is 10.1 Å². The second-order valence-electron chi connectivity index (χ2n) is 4.49. The lowest BCUT2D eigenvalue weighted by molar-refractivity contribution is -0.384. The number of benzene rings is 2. The normalized spacial score (nSPS) is 10.9. The van der Waals surface area contributed by atoms with E-state index in [1.807, 2.05) is 24.3 Å². The van der Waals surface area contributed by atoms with Crippen LogP contribution in [0.3, 0.4) is 0 Å². The molecule has 3 aromatic rings. The first-order chi connectivity index (χ1) is 10.1. The summed E-state index contributed by atoms with van der Waals surface area (Å²) in [5, 5.41) is 11.6. The van der Waals surface area contributed by atoms with Crippen LogP contribution in [0.25, 0.3) is 11.0 Å². The van der Waals surface area contributed by atoms with Crippen molar-refractivity contribution in [3.8, 4) is 0 Å². The number of thioether (sulfide) groups is 1. The Morgan fingerprint density at radius 3 is 2.86 bits per heavy atom. The Morgan fingerprint density at radius 2 is 2.10 bits per heavy atom. The molecule has 21 heavy (non-hydrogen) atoms. The van der Waals surface area contributed by atoms with Crippen LogP contribution in [0.5, 0.6) is 0 Å². The maximum absolute atomic E-state index is 10.8. The van der Waals surface area contributed by atoms with Crippen LogP contribution in [0.2, 0.25) is 0 Å². The highest BCUT2D eigenvalue weighted by molar-refractivity contribution is 7.98. The van der Waals surface area contributed by atoms with E-state index in [0.717, 1.165) is 21.8 Å². The number of hydrogen-bond donors (Lipinski definition) is 2. The van der Waals surface area contributed by atoms with E-state index in [9.17, 15) is 10.1 Å². The van der Waals surface area contributed by atoms with Gasteiger partial charge in [-0.25, -0.2) is 4.98 Å². The molecule has 7 heteroatoms. The summed E-state index contributed by atoms with van der Waals surface area (Å²) in [5.41, 5.74) is 9.04. The monoisotopic (exact) mass is 300 g/mol. The zero-order valence-electron chi connectivity index (χ0n) is 10.9. The van der Waals surface area contributed by atoms with Gasteiger partial charge < -0.3 is 10.7 Å². The summed E-state index contributed by atoms with van der Waals surface area (Å²) in [7, 11) is 0. The van der Waals surface area contributed by atoms with Crippen molar-refractivity contribution in [2.24, 2.45) is 0 Å². The Bertz CT molecular complexity index is 783.